The molecule has 0 unspecified atom stereocenters. The summed E-state index contributed by atoms with van der Waals surface area (Å²) in [5.41, 5.74) is 0.452. The van der Waals surface area contributed by atoms with Crippen LogP contribution in [0.3, 0.4) is 0 Å². The standard InChI is InChI=1S/C18H32N4O.HI/c1-6-18(9-8-10-18)13-22-16(19-7-2)21-12-15-20-11-14(23-15)17(3,4)5;/h11H,6-10,12-13H2,1-5H3,(H2,19,21,22);1H. The van der Waals surface area contributed by atoms with Crippen LogP contribution >= 0.6 is 24.0 Å². The van der Waals surface area contributed by atoms with Gasteiger partial charge in [0.1, 0.15) is 12.3 Å². The lowest BCUT2D eigenvalue weighted by Crippen LogP contribution is -2.46. The van der Waals surface area contributed by atoms with Crippen molar-refractivity contribution in [3.8, 4) is 0 Å². The van der Waals surface area contributed by atoms with Crippen molar-refractivity contribution in [1.29, 1.82) is 0 Å². The Kier molecular flexibility index (Phi) is 8.02. The van der Waals surface area contributed by atoms with Crippen LogP contribution in [-0.4, -0.2) is 24.0 Å². The van der Waals surface area contributed by atoms with Crippen molar-refractivity contribution in [3.05, 3.63) is 17.8 Å². The molecular formula is C18H33IN4O. The lowest BCUT2D eigenvalue weighted by atomic mass is 9.67. The van der Waals surface area contributed by atoms with Gasteiger partial charge in [-0.15, -0.1) is 24.0 Å². The second kappa shape index (κ2) is 9.06. The molecule has 0 atom stereocenters. The van der Waals surface area contributed by atoms with Gasteiger partial charge >= 0.3 is 0 Å². The van der Waals surface area contributed by atoms with Crippen LogP contribution < -0.4 is 10.6 Å². The molecule has 0 saturated heterocycles. The van der Waals surface area contributed by atoms with Gasteiger partial charge in [0, 0.05) is 18.5 Å². The van der Waals surface area contributed by atoms with Gasteiger partial charge in [-0.25, -0.2) is 9.98 Å². The fourth-order valence-electron chi connectivity index (χ4n) is 2.82. The molecule has 0 aromatic carbocycles. The van der Waals surface area contributed by atoms with Crippen LogP contribution in [0.5, 0.6) is 0 Å². The number of hydrogen-bond donors (Lipinski definition) is 2. The third kappa shape index (κ3) is 5.63. The minimum Gasteiger partial charge on any atom is -0.443 e. The van der Waals surface area contributed by atoms with Crippen LogP contribution in [0.1, 0.15) is 72.0 Å². The van der Waals surface area contributed by atoms with Crippen LogP contribution in [0.15, 0.2) is 15.6 Å². The van der Waals surface area contributed by atoms with E-state index in [1.165, 1.54) is 25.7 Å². The SMILES string of the molecule is CCNC(=NCc1ncc(C(C)(C)C)o1)NCC1(CC)CCC1.I. The summed E-state index contributed by atoms with van der Waals surface area (Å²) in [6.45, 7) is 13.0. The second-order valence-electron chi connectivity index (χ2n) is 7.62. The van der Waals surface area contributed by atoms with Gasteiger partial charge in [0.2, 0.25) is 5.89 Å². The summed E-state index contributed by atoms with van der Waals surface area (Å²) >= 11 is 0. The highest BCUT2D eigenvalue weighted by Crippen LogP contribution is 2.42. The van der Waals surface area contributed by atoms with E-state index in [1.807, 2.05) is 6.20 Å². The Hall–Kier alpha value is -0.790. The lowest BCUT2D eigenvalue weighted by Gasteiger charge is -2.41. The van der Waals surface area contributed by atoms with E-state index in [1.54, 1.807) is 0 Å². The van der Waals surface area contributed by atoms with Gasteiger partial charge in [0.05, 0.1) is 6.20 Å². The fourth-order valence-corrected chi connectivity index (χ4v) is 2.82. The minimum absolute atomic E-state index is 0. The predicted molar refractivity (Wildman–Crippen MR) is 110 cm³/mol. The summed E-state index contributed by atoms with van der Waals surface area (Å²) in [4.78, 5) is 8.95. The van der Waals surface area contributed by atoms with Gasteiger partial charge in [-0.05, 0) is 31.6 Å². The van der Waals surface area contributed by atoms with Crippen molar-refractivity contribution in [2.75, 3.05) is 13.1 Å². The van der Waals surface area contributed by atoms with E-state index >= 15 is 0 Å². The minimum atomic E-state index is -0.0184. The predicted octanol–water partition coefficient (Wildman–Crippen LogP) is 4.23. The zero-order valence-corrected chi connectivity index (χ0v) is 18.1. The monoisotopic (exact) mass is 448 g/mol. The van der Waals surface area contributed by atoms with E-state index in [-0.39, 0.29) is 29.4 Å². The molecule has 2 N–H and O–H groups in total. The molecule has 1 aromatic rings. The summed E-state index contributed by atoms with van der Waals surface area (Å²) in [6.07, 6.45) is 7.05. The Morgan fingerprint density at radius 3 is 2.46 bits per heavy atom. The third-order valence-corrected chi connectivity index (χ3v) is 4.80. The number of nitrogens with zero attached hydrogens (tertiary/aromatic N) is 2. The zero-order valence-electron chi connectivity index (χ0n) is 15.7. The average Bonchev–Trinajstić information content (AvgIpc) is 2.93. The fraction of sp³-hybridized carbons (Fsp3) is 0.778. The molecule has 0 spiro atoms. The topological polar surface area (TPSA) is 62.5 Å². The molecule has 6 heteroatoms. The number of oxazole rings is 1. The summed E-state index contributed by atoms with van der Waals surface area (Å²) < 4.78 is 5.80. The molecule has 0 amide bonds. The third-order valence-electron chi connectivity index (χ3n) is 4.80. The number of halogens is 1. The molecule has 1 aliphatic rings. The molecule has 24 heavy (non-hydrogen) atoms. The van der Waals surface area contributed by atoms with Crippen LogP contribution in [0.25, 0.3) is 0 Å². The Bertz CT molecular complexity index is 524. The Labute approximate surface area is 163 Å². The second-order valence-corrected chi connectivity index (χ2v) is 7.62. The molecule has 1 fully saturated rings. The summed E-state index contributed by atoms with van der Waals surface area (Å²) in [6, 6.07) is 0. The van der Waals surface area contributed by atoms with Crippen LogP contribution in [0.2, 0.25) is 0 Å². The van der Waals surface area contributed by atoms with Crippen LogP contribution in [-0.2, 0) is 12.0 Å². The molecule has 1 heterocycles. The van der Waals surface area contributed by atoms with E-state index in [2.05, 4.69) is 55.2 Å². The number of rotatable bonds is 6. The molecule has 1 saturated carbocycles. The van der Waals surface area contributed by atoms with E-state index in [4.69, 9.17) is 4.42 Å². The van der Waals surface area contributed by atoms with Crippen LogP contribution in [0, 0.1) is 5.41 Å². The zero-order chi connectivity index (χ0) is 16.9. The first-order valence-corrected chi connectivity index (χ1v) is 8.86. The summed E-state index contributed by atoms with van der Waals surface area (Å²) in [7, 11) is 0. The number of aromatic nitrogens is 1. The molecule has 0 bridgehead atoms. The van der Waals surface area contributed by atoms with Crippen LogP contribution in [0.4, 0.5) is 0 Å². The van der Waals surface area contributed by atoms with E-state index < -0.39 is 0 Å². The van der Waals surface area contributed by atoms with Crippen molar-refractivity contribution in [2.24, 2.45) is 10.4 Å². The largest absolute Gasteiger partial charge is 0.443 e. The van der Waals surface area contributed by atoms with Crippen molar-refractivity contribution < 1.29 is 4.42 Å². The number of aliphatic imine (C=N–C) groups is 1. The molecular weight excluding hydrogens is 415 g/mol. The van der Waals surface area contributed by atoms with E-state index in [0.717, 1.165) is 24.8 Å². The van der Waals surface area contributed by atoms with Gasteiger partial charge in [-0.2, -0.15) is 0 Å². The maximum absolute atomic E-state index is 5.80. The normalized spacial score (nSPS) is 17.0. The highest BCUT2D eigenvalue weighted by molar-refractivity contribution is 14.0. The molecule has 0 aliphatic heterocycles. The first-order valence-electron chi connectivity index (χ1n) is 8.86. The number of guanidine groups is 1. The Morgan fingerprint density at radius 2 is 2.00 bits per heavy atom. The highest BCUT2D eigenvalue weighted by atomic mass is 127. The average molecular weight is 448 g/mol. The van der Waals surface area contributed by atoms with Gasteiger partial charge in [0.15, 0.2) is 5.96 Å². The van der Waals surface area contributed by atoms with Crippen molar-refractivity contribution in [1.82, 2.24) is 15.6 Å². The first-order chi connectivity index (χ1) is 10.9. The van der Waals surface area contributed by atoms with Crippen molar-refractivity contribution >= 4 is 29.9 Å². The molecule has 138 valence electrons. The van der Waals surface area contributed by atoms with E-state index in [9.17, 15) is 0 Å². The van der Waals surface area contributed by atoms with Gasteiger partial charge in [-0.1, -0.05) is 34.1 Å². The van der Waals surface area contributed by atoms with Crippen molar-refractivity contribution in [2.45, 2.75) is 72.3 Å². The maximum Gasteiger partial charge on any atom is 0.216 e. The summed E-state index contributed by atoms with van der Waals surface area (Å²) in [5.74, 6) is 2.42. The number of nitrogens with one attached hydrogen (secondary N) is 2. The Morgan fingerprint density at radius 1 is 1.29 bits per heavy atom. The van der Waals surface area contributed by atoms with E-state index in [0.29, 0.717) is 17.9 Å². The molecule has 1 aliphatic carbocycles. The molecule has 1 aromatic heterocycles. The Balaban J connectivity index is 0.00000288. The molecule has 0 radical (unpaired) electrons. The molecule has 5 nitrogen and oxygen atoms in total. The smallest absolute Gasteiger partial charge is 0.216 e. The maximum atomic E-state index is 5.80. The quantitative estimate of drug-likeness (QED) is 0.389. The molecule has 2 rings (SSSR count). The van der Waals surface area contributed by atoms with Gasteiger partial charge in [-0.3, -0.25) is 0 Å². The first kappa shape index (κ1) is 21.3. The highest BCUT2D eigenvalue weighted by Gasteiger charge is 2.34. The summed E-state index contributed by atoms with van der Waals surface area (Å²) in [5, 5.41) is 6.80. The van der Waals surface area contributed by atoms with Crippen molar-refractivity contribution in [3.63, 3.8) is 0 Å². The van der Waals surface area contributed by atoms with Gasteiger partial charge in [0.25, 0.3) is 0 Å². The van der Waals surface area contributed by atoms with Gasteiger partial charge < -0.3 is 15.1 Å². The number of hydrogen-bond acceptors (Lipinski definition) is 3. The lowest BCUT2D eigenvalue weighted by molar-refractivity contribution is 0.131.